The van der Waals surface area contributed by atoms with Crippen LogP contribution in [0.2, 0.25) is 0 Å². The van der Waals surface area contributed by atoms with Crippen molar-refractivity contribution in [3.63, 3.8) is 0 Å². The lowest BCUT2D eigenvalue weighted by Crippen LogP contribution is -2.34. The highest BCUT2D eigenvalue weighted by atomic mass is 19.2. The molecule has 8 heteroatoms. The second-order valence-electron chi connectivity index (χ2n) is 10.3. The Morgan fingerprint density at radius 1 is 1.05 bits per heavy atom. The van der Waals surface area contributed by atoms with Crippen LogP contribution in [0.15, 0.2) is 89.3 Å². The maximum atomic E-state index is 14.4. The highest BCUT2D eigenvalue weighted by Crippen LogP contribution is 2.44. The number of hydrogen-bond donors (Lipinski definition) is 1. The molecular weight excluding hydrogens is 508 g/mol. The molecule has 1 atom stereocenters. The van der Waals surface area contributed by atoms with Crippen molar-refractivity contribution >= 4 is 22.9 Å². The maximum absolute atomic E-state index is 14.4. The van der Waals surface area contributed by atoms with E-state index in [1.807, 2.05) is 29.2 Å². The number of pyridine rings is 1. The van der Waals surface area contributed by atoms with Crippen LogP contribution in [0.25, 0.3) is 0 Å². The molecule has 2 aliphatic carbocycles. The summed E-state index contributed by atoms with van der Waals surface area (Å²) in [7, 11) is 1.75. The summed E-state index contributed by atoms with van der Waals surface area (Å²) in [5, 5.41) is 13.0. The Kier molecular flexibility index (Phi) is 7.14. The SMILES string of the molecule is COC1CCC(N=C2C=C3C(C=C2Nc2ncccc2C#N)Cc2ccccc2N3c2ccc(F)c(F)c2)CC1. The summed E-state index contributed by atoms with van der Waals surface area (Å²) in [5.41, 5.74) is 5.47. The predicted molar refractivity (Wildman–Crippen MR) is 151 cm³/mol. The molecule has 1 fully saturated rings. The molecule has 2 heterocycles. The Hall–Kier alpha value is -4.35. The fourth-order valence-electron chi connectivity index (χ4n) is 5.82. The summed E-state index contributed by atoms with van der Waals surface area (Å²) in [6.45, 7) is 0. The third-order valence-electron chi connectivity index (χ3n) is 7.88. The van der Waals surface area contributed by atoms with Crippen LogP contribution in [0.1, 0.15) is 36.8 Å². The molecule has 0 radical (unpaired) electrons. The van der Waals surface area contributed by atoms with E-state index < -0.39 is 11.6 Å². The van der Waals surface area contributed by atoms with Gasteiger partial charge in [0.25, 0.3) is 0 Å². The van der Waals surface area contributed by atoms with Crippen molar-refractivity contribution in [2.24, 2.45) is 10.9 Å². The zero-order valence-corrected chi connectivity index (χ0v) is 22.1. The lowest BCUT2D eigenvalue weighted by molar-refractivity contribution is 0.0667. The quantitative estimate of drug-likeness (QED) is 0.386. The average Bonchev–Trinajstić information content (AvgIpc) is 2.98. The van der Waals surface area contributed by atoms with Gasteiger partial charge >= 0.3 is 0 Å². The fraction of sp³-hybridized carbons (Fsp3) is 0.281. The molecule has 0 saturated heterocycles. The van der Waals surface area contributed by atoms with E-state index in [0.717, 1.165) is 66.5 Å². The molecule has 3 aliphatic rings. The van der Waals surface area contributed by atoms with Crippen LogP contribution in [0.5, 0.6) is 0 Å². The number of allylic oxidation sites excluding steroid dienone is 2. The Labute approximate surface area is 232 Å². The number of para-hydroxylation sites is 1. The Morgan fingerprint density at radius 2 is 1.88 bits per heavy atom. The summed E-state index contributed by atoms with van der Waals surface area (Å²) >= 11 is 0. The van der Waals surface area contributed by atoms with Crippen molar-refractivity contribution in [3.05, 3.63) is 107 Å². The molecule has 1 N–H and O–H groups in total. The number of benzene rings is 2. The molecule has 0 bridgehead atoms. The van der Waals surface area contributed by atoms with Gasteiger partial charge in [-0.2, -0.15) is 5.26 Å². The topological polar surface area (TPSA) is 73.5 Å². The summed E-state index contributed by atoms with van der Waals surface area (Å²) in [6, 6.07) is 17.8. The molecule has 1 aromatic heterocycles. The fourth-order valence-corrected chi connectivity index (χ4v) is 5.82. The van der Waals surface area contributed by atoms with E-state index in [1.165, 1.54) is 6.07 Å². The molecular formula is C32H29F2N5O. The normalized spacial score (nSPS) is 23.0. The van der Waals surface area contributed by atoms with Crippen LogP contribution in [0.3, 0.4) is 0 Å². The molecule has 1 unspecified atom stereocenters. The number of anilines is 3. The Bertz CT molecular complexity index is 1570. The van der Waals surface area contributed by atoms with E-state index >= 15 is 0 Å². The molecule has 202 valence electrons. The number of rotatable bonds is 5. The first kappa shape index (κ1) is 25.9. The van der Waals surface area contributed by atoms with Gasteiger partial charge in [0.1, 0.15) is 11.9 Å². The van der Waals surface area contributed by atoms with E-state index in [0.29, 0.717) is 17.1 Å². The van der Waals surface area contributed by atoms with Gasteiger partial charge in [0.2, 0.25) is 0 Å². The molecule has 6 rings (SSSR count). The number of nitriles is 1. The third-order valence-corrected chi connectivity index (χ3v) is 7.88. The number of ether oxygens (including phenoxy) is 1. The van der Waals surface area contributed by atoms with Gasteiger partial charge in [-0.15, -0.1) is 0 Å². The van der Waals surface area contributed by atoms with E-state index in [1.54, 1.807) is 31.5 Å². The molecule has 0 amide bonds. The van der Waals surface area contributed by atoms with Crippen molar-refractivity contribution in [2.75, 3.05) is 17.3 Å². The van der Waals surface area contributed by atoms with Gasteiger partial charge in [-0.25, -0.2) is 13.8 Å². The number of nitrogens with one attached hydrogen (secondary N) is 1. The summed E-state index contributed by atoms with van der Waals surface area (Å²) in [4.78, 5) is 11.6. The van der Waals surface area contributed by atoms with Gasteiger partial charge in [-0.3, -0.25) is 4.99 Å². The van der Waals surface area contributed by atoms with Crippen LogP contribution in [0, 0.1) is 28.9 Å². The largest absolute Gasteiger partial charge is 0.381 e. The van der Waals surface area contributed by atoms with Crippen molar-refractivity contribution in [1.82, 2.24) is 4.98 Å². The standard InChI is InChI=1S/C32H29F2N5O/c1-40-25-11-8-23(9-12-25)37-29-18-31-22(16-28(29)38-32-21(19-35)6-4-14-36-32)15-20-5-2-3-7-30(20)39(31)24-10-13-26(33)27(34)17-24/h2-7,10,13-14,16-18,22-23,25H,8-9,11-12,15H2,1H3,(H,36,38). The molecule has 40 heavy (non-hydrogen) atoms. The van der Waals surface area contributed by atoms with Gasteiger partial charge in [0, 0.05) is 42.4 Å². The van der Waals surface area contributed by atoms with Crippen molar-refractivity contribution in [3.8, 4) is 6.07 Å². The number of hydrogen-bond acceptors (Lipinski definition) is 6. The van der Waals surface area contributed by atoms with E-state index in [9.17, 15) is 14.0 Å². The van der Waals surface area contributed by atoms with Gasteiger partial charge in [0.05, 0.1) is 29.1 Å². The smallest absolute Gasteiger partial charge is 0.160 e. The summed E-state index contributed by atoms with van der Waals surface area (Å²) < 4.78 is 33.9. The first-order valence-electron chi connectivity index (χ1n) is 13.5. The number of fused-ring (bicyclic) bond motifs is 2. The van der Waals surface area contributed by atoms with Gasteiger partial charge in [0.15, 0.2) is 11.6 Å². The van der Waals surface area contributed by atoms with Gasteiger partial charge in [-0.1, -0.05) is 18.2 Å². The molecule has 2 aromatic carbocycles. The van der Waals surface area contributed by atoms with Crippen LogP contribution in [0.4, 0.5) is 26.0 Å². The average molecular weight is 538 g/mol. The lowest BCUT2D eigenvalue weighted by atomic mass is 9.84. The van der Waals surface area contributed by atoms with E-state index in [4.69, 9.17) is 9.73 Å². The molecule has 3 aromatic rings. The van der Waals surface area contributed by atoms with Crippen molar-refractivity contribution in [2.45, 2.75) is 44.2 Å². The molecule has 6 nitrogen and oxygen atoms in total. The number of aliphatic imine (C=N–C) groups is 1. The number of halogens is 2. The lowest BCUT2D eigenvalue weighted by Gasteiger charge is -2.40. The van der Waals surface area contributed by atoms with E-state index in [-0.39, 0.29) is 18.1 Å². The Balaban J connectivity index is 1.46. The zero-order valence-electron chi connectivity index (χ0n) is 22.1. The van der Waals surface area contributed by atoms with Gasteiger partial charge < -0.3 is 15.0 Å². The molecule has 0 spiro atoms. The Morgan fingerprint density at radius 3 is 2.65 bits per heavy atom. The van der Waals surface area contributed by atoms with Crippen LogP contribution >= 0.6 is 0 Å². The van der Waals surface area contributed by atoms with Crippen LogP contribution < -0.4 is 10.2 Å². The minimum atomic E-state index is -0.894. The highest BCUT2D eigenvalue weighted by molar-refractivity contribution is 6.12. The predicted octanol–water partition coefficient (Wildman–Crippen LogP) is 6.83. The minimum absolute atomic E-state index is 0.0667. The van der Waals surface area contributed by atoms with Crippen LogP contribution in [-0.2, 0) is 11.2 Å². The summed E-state index contributed by atoms with van der Waals surface area (Å²) in [6.07, 6.45) is 10.5. The second-order valence-corrected chi connectivity index (χ2v) is 10.3. The highest BCUT2D eigenvalue weighted by Gasteiger charge is 2.34. The number of aromatic nitrogens is 1. The van der Waals surface area contributed by atoms with Gasteiger partial charge in [-0.05, 0) is 80.2 Å². The van der Waals surface area contributed by atoms with Crippen molar-refractivity contribution in [1.29, 1.82) is 5.26 Å². The molecule has 1 aliphatic heterocycles. The first-order valence-corrected chi connectivity index (χ1v) is 13.5. The number of nitrogens with zero attached hydrogens (tertiary/aromatic N) is 4. The summed E-state index contributed by atoms with van der Waals surface area (Å²) in [5.74, 6) is -1.37. The number of methoxy groups -OCH3 is 1. The monoisotopic (exact) mass is 537 g/mol. The minimum Gasteiger partial charge on any atom is -0.381 e. The van der Waals surface area contributed by atoms with Crippen LogP contribution in [-0.4, -0.2) is 30.0 Å². The zero-order chi connectivity index (χ0) is 27.6. The second kappa shape index (κ2) is 11.0. The third kappa shape index (κ3) is 5.01. The first-order chi connectivity index (χ1) is 19.5. The maximum Gasteiger partial charge on any atom is 0.160 e. The van der Waals surface area contributed by atoms with Crippen molar-refractivity contribution < 1.29 is 13.5 Å². The van der Waals surface area contributed by atoms with E-state index in [2.05, 4.69) is 28.5 Å². The molecule has 1 saturated carbocycles.